The summed E-state index contributed by atoms with van der Waals surface area (Å²) in [6, 6.07) is 4.46. The van der Waals surface area contributed by atoms with Crippen molar-refractivity contribution < 1.29 is 13.9 Å². The van der Waals surface area contributed by atoms with Crippen molar-refractivity contribution in [1.29, 1.82) is 0 Å². The standard InChI is InChI=1S/C20H27FN4O2/c1-23(2)12-13-24-11-9-22-19(24)15-6-5-10-25(14-15)20(26)18-16(21)7-4-8-17(18)27-3/h4,7-9,11,15H,5-6,10,12-14H2,1-3H3/t15-/m0/s1. The number of hydrogen-bond donors (Lipinski definition) is 0. The Morgan fingerprint density at radius 3 is 2.96 bits per heavy atom. The molecule has 1 aliphatic heterocycles. The molecule has 1 saturated heterocycles. The number of amides is 1. The molecule has 1 aromatic carbocycles. The average molecular weight is 374 g/mol. The van der Waals surface area contributed by atoms with Gasteiger partial charge in [0.25, 0.3) is 5.91 Å². The Bertz CT molecular complexity index is 790. The van der Waals surface area contributed by atoms with Crippen LogP contribution in [-0.4, -0.2) is 66.1 Å². The molecule has 0 spiro atoms. The first-order valence-electron chi connectivity index (χ1n) is 9.28. The summed E-state index contributed by atoms with van der Waals surface area (Å²) >= 11 is 0. The largest absolute Gasteiger partial charge is 0.496 e. The van der Waals surface area contributed by atoms with Crippen molar-refractivity contribution >= 4 is 5.91 Å². The quantitative estimate of drug-likeness (QED) is 0.780. The highest BCUT2D eigenvalue weighted by atomic mass is 19.1. The van der Waals surface area contributed by atoms with Crippen LogP contribution in [0.1, 0.15) is 34.9 Å². The third-order valence-electron chi connectivity index (χ3n) is 5.02. The van der Waals surface area contributed by atoms with Gasteiger partial charge in [0.15, 0.2) is 0 Å². The van der Waals surface area contributed by atoms with E-state index in [1.807, 2.05) is 26.5 Å². The van der Waals surface area contributed by atoms with E-state index in [0.29, 0.717) is 13.1 Å². The average Bonchev–Trinajstić information content (AvgIpc) is 3.14. The minimum absolute atomic E-state index is 0.0107. The molecule has 0 radical (unpaired) electrons. The smallest absolute Gasteiger partial charge is 0.260 e. The first kappa shape index (κ1) is 19.4. The van der Waals surface area contributed by atoms with Gasteiger partial charge in [-0.25, -0.2) is 9.37 Å². The number of aromatic nitrogens is 2. The molecule has 7 heteroatoms. The fourth-order valence-electron chi connectivity index (χ4n) is 3.59. The number of carbonyl (C=O) groups is 1. The number of ether oxygens (including phenoxy) is 1. The Morgan fingerprint density at radius 1 is 1.41 bits per heavy atom. The minimum Gasteiger partial charge on any atom is -0.496 e. The minimum atomic E-state index is -0.547. The molecule has 1 aromatic heterocycles. The third-order valence-corrected chi connectivity index (χ3v) is 5.02. The highest BCUT2D eigenvalue weighted by Crippen LogP contribution is 2.29. The number of benzene rings is 1. The molecule has 1 amide bonds. The molecular weight excluding hydrogens is 347 g/mol. The number of likely N-dealkylation sites (tertiary alicyclic amines) is 1. The lowest BCUT2D eigenvalue weighted by molar-refractivity contribution is 0.0694. The lowest BCUT2D eigenvalue weighted by Gasteiger charge is -2.33. The molecule has 27 heavy (non-hydrogen) atoms. The molecule has 0 N–H and O–H groups in total. The van der Waals surface area contributed by atoms with Crippen molar-refractivity contribution in [2.45, 2.75) is 25.3 Å². The number of nitrogens with zero attached hydrogens (tertiary/aromatic N) is 4. The molecule has 2 heterocycles. The number of carbonyl (C=O) groups excluding carboxylic acids is 1. The zero-order valence-corrected chi connectivity index (χ0v) is 16.2. The van der Waals surface area contributed by atoms with Crippen LogP contribution in [0.3, 0.4) is 0 Å². The van der Waals surface area contributed by atoms with Crippen LogP contribution < -0.4 is 4.74 Å². The van der Waals surface area contributed by atoms with Crippen LogP contribution in [0, 0.1) is 5.82 Å². The zero-order chi connectivity index (χ0) is 19.4. The lowest BCUT2D eigenvalue weighted by atomic mass is 9.96. The Hall–Kier alpha value is -2.41. The van der Waals surface area contributed by atoms with E-state index in [-0.39, 0.29) is 23.1 Å². The first-order chi connectivity index (χ1) is 13.0. The second-order valence-corrected chi connectivity index (χ2v) is 7.19. The molecular formula is C20H27FN4O2. The van der Waals surface area contributed by atoms with Gasteiger partial charge in [0, 0.05) is 44.5 Å². The summed E-state index contributed by atoms with van der Waals surface area (Å²) in [7, 11) is 5.53. The normalized spacial score (nSPS) is 17.4. The molecule has 0 saturated carbocycles. The van der Waals surface area contributed by atoms with Gasteiger partial charge in [-0.1, -0.05) is 6.07 Å². The van der Waals surface area contributed by atoms with Gasteiger partial charge in [-0.05, 0) is 39.1 Å². The summed E-state index contributed by atoms with van der Waals surface area (Å²) in [4.78, 5) is 21.4. The van der Waals surface area contributed by atoms with Gasteiger partial charge in [0.1, 0.15) is 23.0 Å². The predicted molar refractivity (Wildman–Crippen MR) is 102 cm³/mol. The number of likely N-dealkylation sites (N-methyl/N-ethyl adjacent to an activating group) is 1. The summed E-state index contributed by atoms with van der Waals surface area (Å²) in [6.45, 7) is 2.93. The van der Waals surface area contributed by atoms with Crippen LogP contribution in [0.15, 0.2) is 30.6 Å². The van der Waals surface area contributed by atoms with Crippen LogP contribution in [0.4, 0.5) is 4.39 Å². The molecule has 3 rings (SSSR count). The molecule has 0 aliphatic carbocycles. The highest BCUT2D eigenvalue weighted by molar-refractivity contribution is 5.97. The maximum Gasteiger partial charge on any atom is 0.260 e. The van der Waals surface area contributed by atoms with Gasteiger partial charge in [0.05, 0.1) is 7.11 Å². The zero-order valence-electron chi connectivity index (χ0n) is 16.2. The summed E-state index contributed by atoms with van der Waals surface area (Å²) in [5, 5.41) is 0. The molecule has 1 fully saturated rings. The van der Waals surface area contributed by atoms with Gasteiger partial charge in [-0.15, -0.1) is 0 Å². The molecule has 0 bridgehead atoms. The van der Waals surface area contributed by atoms with E-state index >= 15 is 0 Å². The molecule has 2 aromatic rings. The van der Waals surface area contributed by atoms with Gasteiger partial charge in [0.2, 0.25) is 0 Å². The van der Waals surface area contributed by atoms with Crippen molar-refractivity contribution in [1.82, 2.24) is 19.4 Å². The van der Waals surface area contributed by atoms with Gasteiger partial charge in [-0.3, -0.25) is 4.79 Å². The number of halogens is 1. The van der Waals surface area contributed by atoms with Gasteiger partial charge >= 0.3 is 0 Å². The number of piperidine rings is 1. The Kier molecular flexibility index (Phi) is 6.11. The second-order valence-electron chi connectivity index (χ2n) is 7.19. The number of hydrogen-bond acceptors (Lipinski definition) is 4. The third kappa shape index (κ3) is 4.30. The summed E-state index contributed by atoms with van der Waals surface area (Å²) in [5.74, 6) is 0.553. The Morgan fingerprint density at radius 2 is 2.22 bits per heavy atom. The van der Waals surface area contributed by atoms with E-state index in [4.69, 9.17) is 4.74 Å². The van der Waals surface area contributed by atoms with E-state index < -0.39 is 5.82 Å². The summed E-state index contributed by atoms with van der Waals surface area (Å²) < 4.78 is 21.7. The molecule has 6 nitrogen and oxygen atoms in total. The maximum absolute atomic E-state index is 14.3. The monoisotopic (exact) mass is 374 g/mol. The Labute approximate surface area is 159 Å². The summed E-state index contributed by atoms with van der Waals surface area (Å²) in [5.41, 5.74) is 0.0107. The van der Waals surface area contributed by atoms with E-state index in [2.05, 4.69) is 14.5 Å². The summed E-state index contributed by atoms with van der Waals surface area (Å²) in [6.07, 6.45) is 5.63. The first-order valence-corrected chi connectivity index (χ1v) is 9.28. The fourth-order valence-corrected chi connectivity index (χ4v) is 3.59. The van der Waals surface area contributed by atoms with Crippen molar-refractivity contribution in [3.05, 3.63) is 47.8 Å². The SMILES string of the molecule is COc1cccc(F)c1C(=O)N1CCC[C@H](c2nccn2CCN(C)C)C1. The van der Waals surface area contributed by atoms with E-state index in [0.717, 1.165) is 31.8 Å². The van der Waals surface area contributed by atoms with Crippen molar-refractivity contribution in [3.8, 4) is 5.75 Å². The van der Waals surface area contributed by atoms with Crippen LogP contribution in [0.25, 0.3) is 0 Å². The fraction of sp³-hybridized carbons (Fsp3) is 0.500. The van der Waals surface area contributed by atoms with Crippen LogP contribution in [0.2, 0.25) is 0 Å². The van der Waals surface area contributed by atoms with Crippen LogP contribution >= 0.6 is 0 Å². The lowest BCUT2D eigenvalue weighted by Crippen LogP contribution is -2.40. The predicted octanol–water partition coefficient (Wildman–Crippen LogP) is 2.61. The second kappa shape index (κ2) is 8.52. The van der Waals surface area contributed by atoms with Crippen molar-refractivity contribution in [3.63, 3.8) is 0 Å². The molecule has 1 aliphatic rings. The van der Waals surface area contributed by atoms with E-state index in [1.165, 1.54) is 13.2 Å². The van der Waals surface area contributed by atoms with E-state index in [1.54, 1.807) is 17.0 Å². The van der Waals surface area contributed by atoms with E-state index in [9.17, 15) is 9.18 Å². The Balaban J connectivity index is 1.77. The van der Waals surface area contributed by atoms with Crippen molar-refractivity contribution in [2.75, 3.05) is 40.8 Å². The number of rotatable bonds is 6. The molecule has 1 atom stereocenters. The highest BCUT2D eigenvalue weighted by Gasteiger charge is 2.30. The maximum atomic E-state index is 14.3. The van der Waals surface area contributed by atoms with Crippen LogP contribution in [0.5, 0.6) is 5.75 Å². The van der Waals surface area contributed by atoms with Gasteiger partial charge < -0.3 is 19.1 Å². The van der Waals surface area contributed by atoms with Crippen molar-refractivity contribution in [2.24, 2.45) is 0 Å². The number of imidazole rings is 1. The molecule has 146 valence electrons. The van der Waals surface area contributed by atoms with Gasteiger partial charge in [-0.2, -0.15) is 0 Å². The van der Waals surface area contributed by atoms with Crippen LogP contribution in [-0.2, 0) is 6.54 Å². The number of methoxy groups -OCH3 is 1. The topological polar surface area (TPSA) is 50.6 Å². The molecule has 0 unspecified atom stereocenters.